The number of ether oxygens (including phenoxy) is 2. The summed E-state index contributed by atoms with van der Waals surface area (Å²) in [5.41, 5.74) is -1.98. The SMILES string of the molecule is CCSC[C@H]1C[C@H](n2ccc(=O)[nH]c2=O)O[C@@H]1CCSC[C@H]1C[C@H](n2ccc(=O)[nH]c2=O)O[C@@H]1CCOS(C)(=O)=O. The van der Waals surface area contributed by atoms with Crippen molar-refractivity contribution >= 4 is 33.6 Å². The maximum absolute atomic E-state index is 12.3. The Kier molecular flexibility index (Phi) is 11.2. The van der Waals surface area contributed by atoms with E-state index in [-0.39, 0.29) is 30.7 Å². The molecule has 13 nitrogen and oxygen atoms in total. The number of H-pyrrole nitrogens is 2. The van der Waals surface area contributed by atoms with Gasteiger partial charge in [0.25, 0.3) is 21.2 Å². The smallest absolute Gasteiger partial charge is 0.330 e. The largest absolute Gasteiger partial charge is 0.354 e. The van der Waals surface area contributed by atoms with Crippen LogP contribution in [0.15, 0.2) is 43.7 Å². The Hall–Kier alpha value is -2.11. The minimum atomic E-state index is -3.59. The van der Waals surface area contributed by atoms with Crippen LogP contribution in [0.2, 0.25) is 0 Å². The Balaban J connectivity index is 1.36. The van der Waals surface area contributed by atoms with Crippen molar-refractivity contribution < 1.29 is 22.1 Å². The Morgan fingerprint density at radius 2 is 1.39 bits per heavy atom. The Bertz CT molecular complexity index is 1500. The molecule has 16 heteroatoms. The summed E-state index contributed by atoms with van der Waals surface area (Å²) in [7, 11) is -3.59. The summed E-state index contributed by atoms with van der Waals surface area (Å²) < 4.78 is 43.0. The van der Waals surface area contributed by atoms with Crippen LogP contribution < -0.4 is 22.5 Å². The third-order valence-electron chi connectivity index (χ3n) is 7.16. The van der Waals surface area contributed by atoms with Gasteiger partial charge in [-0.3, -0.25) is 32.9 Å². The van der Waals surface area contributed by atoms with Gasteiger partial charge in [-0.1, -0.05) is 6.92 Å². The Morgan fingerprint density at radius 3 is 1.88 bits per heavy atom. The van der Waals surface area contributed by atoms with Crippen LogP contribution in [0.5, 0.6) is 0 Å². The molecular weight excluding hydrogens is 596 g/mol. The summed E-state index contributed by atoms with van der Waals surface area (Å²) in [6.45, 7) is 2.07. The van der Waals surface area contributed by atoms with Crippen molar-refractivity contribution in [2.24, 2.45) is 11.8 Å². The predicted molar refractivity (Wildman–Crippen MR) is 157 cm³/mol. The quantitative estimate of drug-likeness (QED) is 0.226. The van der Waals surface area contributed by atoms with Crippen molar-refractivity contribution in [3.05, 3.63) is 66.2 Å². The normalized spacial score (nSPS) is 26.5. The van der Waals surface area contributed by atoms with E-state index in [1.807, 2.05) is 11.8 Å². The number of nitrogens with one attached hydrogen (secondary N) is 2. The first-order valence-corrected chi connectivity index (χ1v) is 17.6. The summed E-state index contributed by atoms with van der Waals surface area (Å²) >= 11 is 3.55. The van der Waals surface area contributed by atoms with Crippen LogP contribution in [-0.4, -0.2) is 75.6 Å². The van der Waals surface area contributed by atoms with E-state index >= 15 is 0 Å². The topological polar surface area (TPSA) is 172 Å². The fraction of sp³-hybridized carbons (Fsp3) is 0.680. The first-order chi connectivity index (χ1) is 19.5. The molecule has 2 saturated heterocycles. The zero-order chi connectivity index (χ0) is 29.6. The Labute approximate surface area is 245 Å². The van der Waals surface area contributed by atoms with Crippen molar-refractivity contribution in [2.45, 2.75) is 57.3 Å². The number of rotatable bonds is 14. The number of nitrogens with zero attached hydrogens (tertiary/aromatic N) is 2. The van der Waals surface area contributed by atoms with E-state index in [9.17, 15) is 27.6 Å². The lowest BCUT2D eigenvalue weighted by Gasteiger charge is -2.20. The van der Waals surface area contributed by atoms with E-state index < -0.39 is 45.1 Å². The minimum Gasteiger partial charge on any atom is -0.354 e. The average Bonchev–Trinajstić information content (AvgIpc) is 3.48. The predicted octanol–water partition coefficient (Wildman–Crippen LogP) is 1.14. The molecule has 2 aromatic rings. The van der Waals surface area contributed by atoms with E-state index in [1.165, 1.54) is 33.7 Å². The van der Waals surface area contributed by atoms with E-state index in [0.717, 1.165) is 29.9 Å². The fourth-order valence-electron chi connectivity index (χ4n) is 5.20. The van der Waals surface area contributed by atoms with Gasteiger partial charge in [0.1, 0.15) is 12.5 Å². The molecule has 228 valence electrons. The van der Waals surface area contributed by atoms with Gasteiger partial charge in [0.05, 0.1) is 25.1 Å². The fourth-order valence-corrected chi connectivity index (χ4v) is 7.71. The highest BCUT2D eigenvalue weighted by atomic mass is 32.2. The second-order valence-electron chi connectivity index (χ2n) is 10.1. The third kappa shape index (κ3) is 8.94. The third-order valence-corrected chi connectivity index (χ3v) is 10.0. The van der Waals surface area contributed by atoms with Crippen LogP contribution in [0.1, 0.15) is 45.1 Å². The molecule has 4 heterocycles. The highest BCUT2D eigenvalue weighted by molar-refractivity contribution is 7.99. The van der Waals surface area contributed by atoms with Crippen molar-refractivity contribution in [3.63, 3.8) is 0 Å². The second-order valence-corrected chi connectivity index (χ2v) is 14.2. The van der Waals surface area contributed by atoms with Gasteiger partial charge in [-0.2, -0.15) is 31.9 Å². The first-order valence-electron chi connectivity index (χ1n) is 13.5. The molecule has 6 atom stereocenters. The van der Waals surface area contributed by atoms with Gasteiger partial charge in [0.2, 0.25) is 0 Å². The van der Waals surface area contributed by atoms with Crippen molar-refractivity contribution in [3.8, 4) is 0 Å². The van der Waals surface area contributed by atoms with E-state index in [1.54, 1.807) is 11.8 Å². The molecule has 4 rings (SSSR count). The van der Waals surface area contributed by atoms with E-state index in [2.05, 4.69) is 16.9 Å². The molecule has 0 unspecified atom stereocenters. The highest BCUT2D eigenvalue weighted by Gasteiger charge is 2.38. The summed E-state index contributed by atoms with van der Waals surface area (Å²) in [6.07, 6.45) is 4.79. The lowest BCUT2D eigenvalue weighted by Crippen LogP contribution is -2.31. The maximum atomic E-state index is 12.3. The maximum Gasteiger partial charge on any atom is 0.330 e. The van der Waals surface area contributed by atoms with Crippen molar-refractivity contribution in [1.29, 1.82) is 0 Å². The van der Waals surface area contributed by atoms with Crippen LogP contribution in [0.25, 0.3) is 0 Å². The van der Waals surface area contributed by atoms with E-state index in [4.69, 9.17) is 13.7 Å². The lowest BCUT2D eigenvalue weighted by molar-refractivity contribution is -0.0142. The lowest BCUT2D eigenvalue weighted by atomic mass is 10.0. The van der Waals surface area contributed by atoms with Gasteiger partial charge in [-0.25, -0.2) is 9.59 Å². The first kappa shape index (κ1) is 31.8. The molecule has 41 heavy (non-hydrogen) atoms. The molecule has 0 radical (unpaired) electrons. The van der Waals surface area contributed by atoms with Gasteiger partial charge in [0.15, 0.2) is 0 Å². The zero-order valence-corrected chi connectivity index (χ0v) is 25.4. The minimum absolute atomic E-state index is 0.0235. The molecule has 0 aromatic carbocycles. The van der Waals surface area contributed by atoms with E-state index in [0.29, 0.717) is 25.0 Å². The number of hydrogen-bond donors (Lipinski definition) is 2. The molecular formula is C25H36N4O9S3. The highest BCUT2D eigenvalue weighted by Crippen LogP contribution is 2.39. The molecule has 2 fully saturated rings. The summed E-state index contributed by atoms with van der Waals surface area (Å²) in [4.78, 5) is 52.1. The number of aromatic amines is 2. The van der Waals surface area contributed by atoms with Crippen LogP contribution in [0.3, 0.4) is 0 Å². The van der Waals surface area contributed by atoms with Gasteiger partial charge < -0.3 is 9.47 Å². The number of hydrogen-bond acceptors (Lipinski definition) is 11. The van der Waals surface area contributed by atoms with Gasteiger partial charge in [-0.05, 0) is 60.5 Å². The average molecular weight is 633 g/mol. The van der Waals surface area contributed by atoms with Gasteiger partial charge >= 0.3 is 11.4 Å². The van der Waals surface area contributed by atoms with Gasteiger partial charge in [0, 0.05) is 24.5 Å². The molecule has 2 N–H and O–H groups in total. The van der Waals surface area contributed by atoms with Crippen LogP contribution in [0, 0.1) is 11.8 Å². The van der Waals surface area contributed by atoms with Gasteiger partial charge in [-0.15, -0.1) is 0 Å². The Morgan fingerprint density at radius 1 is 0.878 bits per heavy atom. The number of aromatic nitrogens is 4. The molecule has 2 aliphatic heterocycles. The number of thioether (sulfide) groups is 2. The second kappa shape index (κ2) is 14.4. The van der Waals surface area contributed by atoms with Crippen molar-refractivity contribution in [1.82, 2.24) is 19.1 Å². The monoisotopic (exact) mass is 632 g/mol. The van der Waals surface area contributed by atoms with Crippen molar-refractivity contribution in [2.75, 3.05) is 35.9 Å². The van der Waals surface area contributed by atoms with Crippen LogP contribution >= 0.6 is 23.5 Å². The zero-order valence-electron chi connectivity index (χ0n) is 22.9. The summed E-state index contributed by atoms with van der Waals surface area (Å²) in [5, 5.41) is 0. The molecule has 0 bridgehead atoms. The summed E-state index contributed by atoms with van der Waals surface area (Å²) in [6, 6.07) is 2.58. The molecule has 0 aliphatic carbocycles. The molecule has 2 aromatic heterocycles. The standard InChI is InChI=1S/C25H36N4O9S3/c1-3-39-14-16-12-23(29-9-5-21(31)27-25(29)33)38-19(16)7-11-40-15-17-13-22(28-8-4-20(30)26-24(28)32)37-18(17)6-10-36-41(2,34)35/h4-5,8-9,16-19,22-23H,3,6-7,10-15H2,1-2H3,(H,26,30,32)(H,27,31,33)/t16-,17-,18-,19-,22-,23-/m1/s1. The molecule has 0 saturated carbocycles. The summed E-state index contributed by atoms with van der Waals surface area (Å²) in [5.74, 6) is 3.67. The van der Waals surface area contributed by atoms with Crippen LogP contribution in [-0.2, 0) is 23.8 Å². The van der Waals surface area contributed by atoms with Crippen LogP contribution in [0.4, 0.5) is 0 Å². The molecule has 0 amide bonds. The molecule has 2 aliphatic rings. The molecule has 0 spiro atoms.